The van der Waals surface area contributed by atoms with Crippen LogP contribution >= 0.6 is 0 Å². The number of nitrogens with one attached hydrogen (secondary N) is 1. The normalized spacial score (nSPS) is 10.1. The third-order valence-corrected chi connectivity index (χ3v) is 2.43. The number of hydrogen-bond donors (Lipinski definition) is 2. The first-order valence-electron chi connectivity index (χ1n) is 5.56. The molecule has 1 aromatic heterocycles. The Labute approximate surface area is 108 Å². The highest BCUT2D eigenvalue weighted by Gasteiger charge is 2.06. The average Bonchev–Trinajstić information content (AvgIpc) is 2.89. The number of carbonyl (C=O) groups is 2. The third kappa shape index (κ3) is 3.63. The van der Waals surface area contributed by atoms with Crippen molar-refractivity contribution < 1.29 is 14.7 Å². The Morgan fingerprint density at radius 1 is 1.26 bits per heavy atom. The van der Waals surface area contributed by atoms with Crippen LogP contribution in [0.15, 0.2) is 36.9 Å². The van der Waals surface area contributed by atoms with E-state index in [1.165, 1.54) is 6.33 Å². The van der Waals surface area contributed by atoms with E-state index in [0.717, 1.165) is 5.56 Å². The van der Waals surface area contributed by atoms with Crippen LogP contribution in [-0.4, -0.2) is 38.3 Å². The number of benzene rings is 1. The lowest BCUT2D eigenvalue weighted by atomic mass is 10.1. The van der Waals surface area contributed by atoms with E-state index in [0.29, 0.717) is 12.1 Å². The SMILES string of the molecule is O=C(O)CNC(=O)c1ccc(Cn2cncn2)cc1. The summed E-state index contributed by atoms with van der Waals surface area (Å²) in [6.45, 7) is 0.177. The molecule has 2 N–H and O–H groups in total. The van der Waals surface area contributed by atoms with Gasteiger partial charge in [-0.15, -0.1) is 0 Å². The fourth-order valence-corrected chi connectivity index (χ4v) is 1.52. The van der Waals surface area contributed by atoms with Gasteiger partial charge in [-0.25, -0.2) is 9.67 Å². The summed E-state index contributed by atoms with van der Waals surface area (Å²) in [7, 11) is 0. The number of aromatic nitrogens is 3. The van der Waals surface area contributed by atoms with E-state index < -0.39 is 11.9 Å². The molecule has 0 bridgehead atoms. The maximum absolute atomic E-state index is 11.6. The van der Waals surface area contributed by atoms with Crippen molar-refractivity contribution in [2.45, 2.75) is 6.54 Å². The Hall–Kier alpha value is -2.70. The van der Waals surface area contributed by atoms with E-state index in [1.807, 2.05) is 0 Å². The molecular formula is C12H12N4O3. The molecule has 0 saturated heterocycles. The van der Waals surface area contributed by atoms with Gasteiger partial charge in [0, 0.05) is 5.56 Å². The molecule has 0 radical (unpaired) electrons. The van der Waals surface area contributed by atoms with Gasteiger partial charge in [-0.2, -0.15) is 5.10 Å². The van der Waals surface area contributed by atoms with Crippen LogP contribution in [0.3, 0.4) is 0 Å². The summed E-state index contributed by atoms with van der Waals surface area (Å²) in [6, 6.07) is 6.86. The molecule has 1 aromatic carbocycles. The average molecular weight is 260 g/mol. The lowest BCUT2D eigenvalue weighted by Gasteiger charge is -2.04. The molecule has 0 aliphatic carbocycles. The first-order chi connectivity index (χ1) is 9.15. The van der Waals surface area contributed by atoms with Crippen molar-refractivity contribution in [3.8, 4) is 0 Å². The van der Waals surface area contributed by atoms with Crippen LogP contribution in [0, 0.1) is 0 Å². The third-order valence-electron chi connectivity index (χ3n) is 2.43. The maximum Gasteiger partial charge on any atom is 0.322 e. The van der Waals surface area contributed by atoms with Gasteiger partial charge in [-0.05, 0) is 17.7 Å². The summed E-state index contributed by atoms with van der Waals surface area (Å²) in [5.74, 6) is -1.48. The second-order valence-corrected chi connectivity index (χ2v) is 3.87. The summed E-state index contributed by atoms with van der Waals surface area (Å²) in [5, 5.41) is 14.7. The lowest BCUT2D eigenvalue weighted by Crippen LogP contribution is -2.29. The molecule has 1 heterocycles. The number of carboxylic acids is 1. The first kappa shape index (κ1) is 12.7. The van der Waals surface area contributed by atoms with Crippen molar-refractivity contribution in [2.75, 3.05) is 6.54 Å². The smallest absolute Gasteiger partial charge is 0.322 e. The van der Waals surface area contributed by atoms with Crippen molar-refractivity contribution in [2.24, 2.45) is 0 Å². The number of rotatable bonds is 5. The molecule has 0 aliphatic heterocycles. The Morgan fingerprint density at radius 2 is 2.00 bits per heavy atom. The van der Waals surface area contributed by atoms with Crippen molar-refractivity contribution in [3.63, 3.8) is 0 Å². The zero-order chi connectivity index (χ0) is 13.7. The lowest BCUT2D eigenvalue weighted by molar-refractivity contribution is -0.135. The van der Waals surface area contributed by atoms with Gasteiger partial charge >= 0.3 is 5.97 Å². The second-order valence-electron chi connectivity index (χ2n) is 3.87. The number of aliphatic carboxylic acids is 1. The first-order valence-corrected chi connectivity index (χ1v) is 5.56. The van der Waals surface area contributed by atoms with E-state index in [2.05, 4.69) is 15.4 Å². The van der Waals surface area contributed by atoms with Crippen molar-refractivity contribution in [3.05, 3.63) is 48.0 Å². The molecule has 98 valence electrons. The zero-order valence-electron chi connectivity index (χ0n) is 9.98. The monoisotopic (exact) mass is 260 g/mol. The van der Waals surface area contributed by atoms with Gasteiger partial charge in [-0.3, -0.25) is 9.59 Å². The van der Waals surface area contributed by atoms with Crippen LogP contribution in [0.1, 0.15) is 15.9 Å². The zero-order valence-corrected chi connectivity index (χ0v) is 9.98. The molecular weight excluding hydrogens is 248 g/mol. The summed E-state index contributed by atoms with van der Waals surface area (Å²) in [5.41, 5.74) is 1.39. The standard InChI is InChI=1S/C12H12N4O3/c17-11(18)5-14-12(19)10-3-1-9(2-4-10)6-16-8-13-7-15-16/h1-4,7-8H,5-6H2,(H,14,19)(H,17,18). The van der Waals surface area contributed by atoms with E-state index in [1.54, 1.807) is 35.3 Å². The molecule has 1 amide bonds. The van der Waals surface area contributed by atoms with Gasteiger partial charge in [0.25, 0.3) is 5.91 Å². The summed E-state index contributed by atoms with van der Waals surface area (Å²) < 4.78 is 1.67. The molecule has 7 heteroatoms. The molecule has 0 aliphatic rings. The predicted octanol–water partition coefficient (Wildman–Crippen LogP) is 0.141. The highest BCUT2D eigenvalue weighted by Crippen LogP contribution is 2.05. The minimum absolute atomic E-state index is 0.389. The van der Waals surface area contributed by atoms with Crippen LogP contribution in [-0.2, 0) is 11.3 Å². The Balaban J connectivity index is 1.98. The molecule has 0 saturated carbocycles. The van der Waals surface area contributed by atoms with Gasteiger partial charge in [0.05, 0.1) is 6.54 Å². The minimum Gasteiger partial charge on any atom is -0.480 e. The topological polar surface area (TPSA) is 97.1 Å². The van der Waals surface area contributed by atoms with Crippen molar-refractivity contribution in [1.82, 2.24) is 20.1 Å². The maximum atomic E-state index is 11.6. The summed E-state index contributed by atoms with van der Waals surface area (Å²) >= 11 is 0. The van der Waals surface area contributed by atoms with Gasteiger partial charge in [0.2, 0.25) is 0 Å². The van der Waals surface area contributed by atoms with Gasteiger partial charge in [-0.1, -0.05) is 12.1 Å². The molecule has 2 rings (SSSR count). The molecule has 0 atom stereocenters. The number of nitrogens with zero attached hydrogens (tertiary/aromatic N) is 3. The van der Waals surface area contributed by atoms with E-state index >= 15 is 0 Å². The summed E-state index contributed by atoms with van der Waals surface area (Å²) in [6.07, 6.45) is 3.06. The molecule has 7 nitrogen and oxygen atoms in total. The number of carboxylic acid groups (broad SMARTS) is 1. The fourth-order valence-electron chi connectivity index (χ4n) is 1.52. The largest absolute Gasteiger partial charge is 0.480 e. The van der Waals surface area contributed by atoms with Gasteiger partial charge < -0.3 is 10.4 Å². The van der Waals surface area contributed by atoms with Gasteiger partial charge in [0.15, 0.2) is 0 Å². The van der Waals surface area contributed by atoms with Crippen LogP contribution in [0.2, 0.25) is 0 Å². The fraction of sp³-hybridized carbons (Fsp3) is 0.167. The summed E-state index contributed by atoms with van der Waals surface area (Å²) in [4.78, 5) is 25.7. The molecule has 0 spiro atoms. The van der Waals surface area contributed by atoms with Crippen LogP contribution in [0.25, 0.3) is 0 Å². The van der Waals surface area contributed by atoms with E-state index in [9.17, 15) is 9.59 Å². The Bertz CT molecular complexity index is 563. The van der Waals surface area contributed by atoms with Gasteiger partial charge in [0.1, 0.15) is 19.2 Å². The quantitative estimate of drug-likeness (QED) is 0.797. The molecule has 0 unspecified atom stereocenters. The van der Waals surface area contributed by atoms with Crippen LogP contribution < -0.4 is 5.32 Å². The second kappa shape index (κ2) is 5.76. The Morgan fingerprint density at radius 3 is 2.58 bits per heavy atom. The number of carbonyl (C=O) groups excluding carboxylic acids is 1. The van der Waals surface area contributed by atoms with E-state index in [4.69, 9.17) is 5.11 Å². The number of amides is 1. The molecule has 19 heavy (non-hydrogen) atoms. The van der Waals surface area contributed by atoms with Crippen LogP contribution in [0.5, 0.6) is 0 Å². The molecule has 2 aromatic rings. The minimum atomic E-state index is -1.07. The van der Waals surface area contributed by atoms with Crippen molar-refractivity contribution >= 4 is 11.9 Å². The van der Waals surface area contributed by atoms with E-state index in [-0.39, 0.29) is 6.54 Å². The highest BCUT2D eigenvalue weighted by molar-refractivity contribution is 5.95. The van der Waals surface area contributed by atoms with Crippen LogP contribution in [0.4, 0.5) is 0 Å². The van der Waals surface area contributed by atoms with Crippen molar-refractivity contribution in [1.29, 1.82) is 0 Å². The molecule has 0 fully saturated rings. The highest BCUT2D eigenvalue weighted by atomic mass is 16.4. The Kier molecular flexibility index (Phi) is 3.87. The number of hydrogen-bond acceptors (Lipinski definition) is 4. The predicted molar refractivity (Wildman–Crippen MR) is 65.5 cm³/mol.